The molecule has 0 saturated carbocycles. The van der Waals surface area contributed by atoms with E-state index >= 15 is 0 Å². The summed E-state index contributed by atoms with van der Waals surface area (Å²) in [5, 5.41) is 5.12. The molecular formula is C11H15NO3S. The summed E-state index contributed by atoms with van der Waals surface area (Å²) in [5.41, 5.74) is 0.940. The van der Waals surface area contributed by atoms with Crippen molar-refractivity contribution in [2.75, 3.05) is 12.4 Å². The predicted octanol–water partition coefficient (Wildman–Crippen LogP) is 1.09. The highest BCUT2D eigenvalue weighted by Crippen LogP contribution is 2.37. The molecule has 2 N–H and O–H groups in total. The molecule has 1 aliphatic heterocycles. The smallest absolute Gasteiger partial charge is 0.209 e. The maximum absolute atomic E-state index is 11.2. The Morgan fingerprint density at radius 3 is 2.81 bits per heavy atom. The van der Waals surface area contributed by atoms with Crippen molar-refractivity contribution in [1.29, 1.82) is 0 Å². The van der Waals surface area contributed by atoms with Gasteiger partial charge >= 0.3 is 0 Å². The van der Waals surface area contributed by atoms with Crippen LogP contribution in [0.4, 0.5) is 0 Å². The van der Waals surface area contributed by atoms with Gasteiger partial charge < -0.3 is 4.74 Å². The normalized spacial score (nSPS) is 24.6. The van der Waals surface area contributed by atoms with Crippen LogP contribution in [0.3, 0.4) is 0 Å². The molecule has 0 unspecified atom stereocenters. The molecule has 0 spiro atoms. The van der Waals surface area contributed by atoms with Crippen molar-refractivity contribution in [2.24, 2.45) is 11.1 Å². The zero-order valence-corrected chi connectivity index (χ0v) is 9.91. The molecule has 0 bridgehead atoms. The van der Waals surface area contributed by atoms with Crippen molar-refractivity contribution in [2.45, 2.75) is 12.8 Å². The van der Waals surface area contributed by atoms with E-state index in [1.807, 2.05) is 31.2 Å². The van der Waals surface area contributed by atoms with E-state index in [0.29, 0.717) is 6.61 Å². The molecule has 16 heavy (non-hydrogen) atoms. The minimum Gasteiger partial charge on any atom is -0.493 e. The summed E-state index contributed by atoms with van der Waals surface area (Å²) >= 11 is 0. The van der Waals surface area contributed by atoms with E-state index in [4.69, 9.17) is 9.88 Å². The lowest BCUT2D eigenvalue weighted by Gasteiger charge is -2.30. The van der Waals surface area contributed by atoms with Gasteiger partial charge in [0.2, 0.25) is 10.0 Å². The van der Waals surface area contributed by atoms with Crippen molar-refractivity contribution in [3.8, 4) is 5.75 Å². The minimum absolute atomic E-state index is 0.0193. The monoisotopic (exact) mass is 241 g/mol. The van der Waals surface area contributed by atoms with Gasteiger partial charge in [-0.25, -0.2) is 13.6 Å². The van der Waals surface area contributed by atoms with E-state index < -0.39 is 10.0 Å². The van der Waals surface area contributed by atoms with Crippen molar-refractivity contribution in [3.05, 3.63) is 29.8 Å². The Morgan fingerprint density at radius 2 is 2.12 bits per heavy atom. The summed E-state index contributed by atoms with van der Waals surface area (Å²) < 4.78 is 27.9. The van der Waals surface area contributed by atoms with E-state index in [0.717, 1.165) is 11.3 Å². The van der Waals surface area contributed by atoms with Crippen LogP contribution in [0.5, 0.6) is 5.75 Å². The molecule has 0 radical (unpaired) electrons. The van der Waals surface area contributed by atoms with Crippen LogP contribution in [0.15, 0.2) is 24.3 Å². The molecule has 1 aromatic carbocycles. The Labute approximate surface area is 95.5 Å². The van der Waals surface area contributed by atoms with Crippen LogP contribution in [0.25, 0.3) is 0 Å². The van der Waals surface area contributed by atoms with Crippen LogP contribution in [-0.4, -0.2) is 20.8 Å². The van der Waals surface area contributed by atoms with Crippen LogP contribution in [0.2, 0.25) is 0 Å². The second kappa shape index (κ2) is 4.07. The first-order valence-corrected chi connectivity index (χ1v) is 6.91. The topological polar surface area (TPSA) is 69.4 Å². The molecule has 2 rings (SSSR count). The third kappa shape index (κ3) is 2.36. The fourth-order valence-corrected chi connectivity index (χ4v) is 3.08. The van der Waals surface area contributed by atoms with E-state index in [9.17, 15) is 8.42 Å². The van der Waals surface area contributed by atoms with Gasteiger partial charge in [-0.2, -0.15) is 0 Å². The summed E-state index contributed by atoms with van der Waals surface area (Å²) in [7, 11) is -3.45. The molecule has 0 amide bonds. The van der Waals surface area contributed by atoms with Gasteiger partial charge in [-0.1, -0.05) is 25.1 Å². The maximum Gasteiger partial charge on any atom is 0.209 e. The molecule has 1 aromatic rings. The van der Waals surface area contributed by atoms with E-state index in [1.165, 1.54) is 0 Å². The van der Waals surface area contributed by atoms with Gasteiger partial charge in [0, 0.05) is 5.92 Å². The number of rotatable bonds is 2. The molecule has 5 heteroatoms. The Balaban J connectivity index is 2.37. The lowest BCUT2D eigenvalue weighted by molar-refractivity contribution is 0.212. The molecule has 0 fully saturated rings. The predicted molar refractivity (Wildman–Crippen MR) is 61.8 cm³/mol. The van der Waals surface area contributed by atoms with Gasteiger partial charge in [0.05, 0.1) is 12.4 Å². The summed E-state index contributed by atoms with van der Waals surface area (Å²) in [6.07, 6.45) is 0. The molecule has 1 heterocycles. The zero-order valence-electron chi connectivity index (χ0n) is 9.09. The molecule has 2 atom stereocenters. The standard InChI is InChI=1S/C11H15NO3S/c1-8-6-15-11-5-3-2-4-9(11)10(8)7-16(12,13)14/h2-5,8,10H,6-7H2,1H3,(H2,12,13,14)/t8-,10-/m0/s1. The number of hydrogen-bond acceptors (Lipinski definition) is 3. The van der Waals surface area contributed by atoms with E-state index in [1.54, 1.807) is 0 Å². The van der Waals surface area contributed by atoms with Crippen molar-refractivity contribution in [3.63, 3.8) is 0 Å². The summed E-state index contributed by atoms with van der Waals surface area (Å²) in [4.78, 5) is 0. The number of benzene rings is 1. The van der Waals surface area contributed by atoms with Crippen molar-refractivity contribution >= 4 is 10.0 Å². The fourth-order valence-electron chi connectivity index (χ4n) is 2.07. The van der Waals surface area contributed by atoms with Gasteiger partial charge in [-0.15, -0.1) is 0 Å². The van der Waals surface area contributed by atoms with Crippen LogP contribution in [-0.2, 0) is 10.0 Å². The largest absolute Gasteiger partial charge is 0.493 e. The highest BCUT2D eigenvalue weighted by Gasteiger charge is 2.30. The van der Waals surface area contributed by atoms with E-state index in [-0.39, 0.29) is 17.6 Å². The lowest BCUT2D eigenvalue weighted by atomic mass is 9.87. The Hall–Kier alpha value is -1.07. The molecule has 88 valence electrons. The van der Waals surface area contributed by atoms with Crippen LogP contribution in [0, 0.1) is 5.92 Å². The molecule has 1 aliphatic rings. The second-order valence-electron chi connectivity index (χ2n) is 4.26. The van der Waals surface area contributed by atoms with Crippen LogP contribution < -0.4 is 9.88 Å². The average molecular weight is 241 g/mol. The minimum atomic E-state index is -3.45. The van der Waals surface area contributed by atoms with Gasteiger partial charge in [0.25, 0.3) is 0 Å². The van der Waals surface area contributed by atoms with Crippen molar-refractivity contribution < 1.29 is 13.2 Å². The third-order valence-corrected chi connectivity index (χ3v) is 3.74. The van der Waals surface area contributed by atoms with Crippen LogP contribution >= 0.6 is 0 Å². The molecule has 0 saturated heterocycles. The molecule has 0 aliphatic carbocycles. The van der Waals surface area contributed by atoms with E-state index in [2.05, 4.69) is 0 Å². The Bertz CT molecular complexity index is 484. The van der Waals surface area contributed by atoms with Crippen LogP contribution in [0.1, 0.15) is 18.4 Å². The summed E-state index contributed by atoms with van der Waals surface area (Å²) in [6, 6.07) is 7.53. The highest BCUT2D eigenvalue weighted by molar-refractivity contribution is 7.89. The molecule has 0 aromatic heterocycles. The Kier molecular flexibility index (Phi) is 2.90. The number of nitrogens with two attached hydrogens (primary N) is 1. The molecular weight excluding hydrogens is 226 g/mol. The summed E-state index contributed by atoms with van der Waals surface area (Å²) in [6.45, 7) is 2.52. The number of ether oxygens (including phenoxy) is 1. The number of hydrogen-bond donors (Lipinski definition) is 1. The quantitative estimate of drug-likeness (QED) is 0.842. The number of sulfonamides is 1. The number of primary sulfonamides is 1. The maximum atomic E-state index is 11.2. The molecule has 4 nitrogen and oxygen atoms in total. The summed E-state index contributed by atoms with van der Waals surface area (Å²) in [5.74, 6) is 0.844. The van der Waals surface area contributed by atoms with Crippen molar-refractivity contribution in [1.82, 2.24) is 0 Å². The number of fused-ring (bicyclic) bond motifs is 1. The third-order valence-electron chi connectivity index (χ3n) is 2.92. The second-order valence-corrected chi connectivity index (χ2v) is 5.92. The van der Waals surface area contributed by atoms with Gasteiger partial charge in [0.1, 0.15) is 5.75 Å². The first-order valence-electron chi connectivity index (χ1n) is 5.19. The number of para-hydroxylation sites is 1. The van der Waals surface area contributed by atoms with Gasteiger partial charge in [-0.3, -0.25) is 0 Å². The first-order chi connectivity index (χ1) is 7.47. The highest BCUT2D eigenvalue weighted by atomic mass is 32.2. The zero-order chi connectivity index (χ0) is 11.8. The first kappa shape index (κ1) is 11.4. The lowest BCUT2D eigenvalue weighted by Crippen LogP contribution is -2.31. The SMILES string of the molecule is C[C@H]1COc2ccccc2[C@H]1CS(N)(=O)=O. The Morgan fingerprint density at radius 1 is 1.44 bits per heavy atom. The van der Waals surface area contributed by atoms with Gasteiger partial charge in [0.15, 0.2) is 0 Å². The van der Waals surface area contributed by atoms with Gasteiger partial charge in [-0.05, 0) is 17.5 Å². The average Bonchev–Trinajstić information content (AvgIpc) is 2.21. The fraction of sp³-hybridized carbons (Fsp3) is 0.455.